The second-order valence-electron chi connectivity index (χ2n) is 3.85. The van der Waals surface area contributed by atoms with Crippen molar-refractivity contribution in [2.75, 3.05) is 7.11 Å². The minimum atomic E-state index is -0.941. The fourth-order valence-corrected chi connectivity index (χ4v) is 2.14. The highest BCUT2D eigenvalue weighted by Gasteiger charge is 2.41. The zero-order valence-corrected chi connectivity index (χ0v) is 10.5. The van der Waals surface area contributed by atoms with Gasteiger partial charge in [0.25, 0.3) is 0 Å². The SMILES string of the molecule is COC(=O)C1C(=O)NC(=S)NC1c1ccccc1. The number of hydrogen-bond acceptors (Lipinski definition) is 4. The molecular formula is C12H12N2O3S. The number of esters is 1. The van der Waals surface area contributed by atoms with Crippen LogP contribution >= 0.6 is 12.2 Å². The van der Waals surface area contributed by atoms with Gasteiger partial charge in [-0.15, -0.1) is 0 Å². The van der Waals surface area contributed by atoms with Crippen LogP contribution in [-0.2, 0) is 14.3 Å². The molecule has 1 fully saturated rings. The third kappa shape index (κ3) is 2.33. The minimum Gasteiger partial charge on any atom is -0.468 e. The Morgan fingerprint density at radius 2 is 2.00 bits per heavy atom. The highest BCUT2D eigenvalue weighted by molar-refractivity contribution is 7.80. The maximum absolute atomic E-state index is 11.8. The number of benzene rings is 1. The number of methoxy groups -OCH3 is 1. The molecule has 0 aliphatic carbocycles. The quantitative estimate of drug-likeness (QED) is 0.463. The number of ether oxygens (including phenoxy) is 1. The first-order valence-electron chi connectivity index (χ1n) is 5.37. The molecule has 1 aromatic rings. The van der Waals surface area contributed by atoms with Crippen molar-refractivity contribution >= 4 is 29.2 Å². The van der Waals surface area contributed by atoms with E-state index in [2.05, 4.69) is 15.4 Å². The van der Waals surface area contributed by atoms with Gasteiger partial charge in [0.05, 0.1) is 13.2 Å². The third-order valence-electron chi connectivity index (χ3n) is 2.75. The highest BCUT2D eigenvalue weighted by atomic mass is 32.1. The Hall–Kier alpha value is -1.95. The van der Waals surface area contributed by atoms with Crippen molar-refractivity contribution in [2.24, 2.45) is 5.92 Å². The molecule has 1 aliphatic heterocycles. The van der Waals surface area contributed by atoms with Crippen LogP contribution < -0.4 is 10.6 Å². The maximum Gasteiger partial charge on any atom is 0.320 e. The lowest BCUT2D eigenvalue weighted by atomic mass is 9.91. The maximum atomic E-state index is 11.8. The van der Waals surface area contributed by atoms with Crippen molar-refractivity contribution in [3.63, 3.8) is 0 Å². The van der Waals surface area contributed by atoms with Crippen molar-refractivity contribution in [3.8, 4) is 0 Å². The molecule has 2 unspecified atom stereocenters. The molecule has 1 aromatic carbocycles. The first-order valence-corrected chi connectivity index (χ1v) is 5.78. The lowest BCUT2D eigenvalue weighted by Gasteiger charge is -2.31. The van der Waals surface area contributed by atoms with Gasteiger partial charge in [0.2, 0.25) is 5.91 Å². The molecule has 2 atom stereocenters. The minimum absolute atomic E-state index is 0.217. The molecule has 1 amide bonds. The van der Waals surface area contributed by atoms with E-state index in [-0.39, 0.29) is 5.11 Å². The molecule has 1 heterocycles. The first-order chi connectivity index (χ1) is 8.63. The molecule has 2 N–H and O–H groups in total. The zero-order valence-electron chi connectivity index (χ0n) is 9.67. The number of thiocarbonyl (C=S) groups is 1. The lowest BCUT2D eigenvalue weighted by molar-refractivity contribution is -0.151. The molecular weight excluding hydrogens is 252 g/mol. The van der Waals surface area contributed by atoms with E-state index >= 15 is 0 Å². The van der Waals surface area contributed by atoms with Gasteiger partial charge < -0.3 is 15.4 Å². The molecule has 0 bridgehead atoms. The van der Waals surface area contributed by atoms with Crippen molar-refractivity contribution in [3.05, 3.63) is 35.9 Å². The summed E-state index contributed by atoms with van der Waals surface area (Å²) in [4.78, 5) is 23.6. The molecule has 0 aromatic heterocycles. The van der Waals surface area contributed by atoms with E-state index < -0.39 is 23.8 Å². The Bertz CT molecular complexity index is 489. The normalized spacial score (nSPS) is 22.9. The molecule has 0 saturated carbocycles. The fourth-order valence-electron chi connectivity index (χ4n) is 1.91. The summed E-state index contributed by atoms with van der Waals surface area (Å²) in [5, 5.41) is 5.57. The summed E-state index contributed by atoms with van der Waals surface area (Å²) in [6.45, 7) is 0. The van der Waals surface area contributed by atoms with E-state index in [0.717, 1.165) is 5.56 Å². The summed E-state index contributed by atoms with van der Waals surface area (Å²) in [5.41, 5.74) is 0.810. The van der Waals surface area contributed by atoms with Gasteiger partial charge >= 0.3 is 5.97 Å². The molecule has 1 saturated heterocycles. The number of nitrogens with one attached hydrogen (secondary N) is 2. The van der Waals surface area contributed by atoms with E-state index in [4.69, 9.17) is 12.2 Å². The van der Waals surface area contributed by atoms with Crippen LogP contribution in [0.2, 0.25) is 0 Å². The Balaban J connectivity index is 2.36. The van der Waals surface area contributed by atoms with Gasteiger partial charge in [0, 0.05) is 0 Å². The van der Waals surface area contributed by atoms with Crippen molar-refractivity contribution < 1.29 is 14.3 Å². The topological polar surface area (TPSA) is 67.4 Å². The van der Waals surface area contributed by atoms with Gasteiger partial charge in [-0.05, 0) is 17.8 Å². The Kier molecular flexibility index (Phi) is 3.57. The van der Waals surface area contributed by atoms with E-state index in [1.54, 1.807) is 0 Å². The summed E-state index contributed by atoms with van der Waals surface area (Å²) < 4.78 is 4.66. The van der Waals surface area contributed by atoms with Gasteiger partial charge in [-0.3, -0.25) is 9.59 Å². The summed E-state index contributed by atoms with van der Waals surface area (Å²) in [6, 6.07) is 8.68. The van der Waals surface area contributed by atoms with Crippen LogP contribution in [0.1, 0.15) is 11.6 Å². The van der Waals surface area contributed by atoms with E-state index in [9.17, 15) is 9.59 Å². The average Bonchev–Trinajstić information content (AvgIpc) is 2.38. The van der Waals surface area contributed by atoms with Crippen LogP contribution in [0.3, 0.4) is 0 Å². The number of carbonyl (C=O) groups excluding carboxylic acids is 2. The Morgan fingerprint density at radius 1 is 1.33 bits per heavy atom. The summed E-state index contributed by atoms with van der Waals surface area (Å²) >= 11 is 4.94. The predicted octanol–water partition coefficient (Wildman–Crippen LogP) is 0.521. The average molecular weight is 264 g/mol. The number of carbonyl (C=O) groups is 2. The van der Waals surface area contributed by atoms with Crippen LogP contribution in [0.25, 0.3) is 0 Å². The van der Waals surface area contributed by atoms with Gasteiger partial charge in [-0.25, -0.2) is 0 Å². The highest BCUT2D eigenvalue weighted by Crippen LogP contribution is 2.25. The zero-order chi connectivity index (χ0) is 13.1. The van der Waals surface area contributed by atoms with Crippen LogP contribution in [0, 0.1) is 5.92 Å². The first kappa shape index (κ1) is 12.5. The molecule has 1 aliphatic rings. The van der Waals surface area contributed by atoms with E-state index in [0.29, 0.717) is 0 Å². The molecule has 0 spiro atoms. The largest absolute Gasteiger partial charge is 0.468 e. The number of rotatable bonds is 2. The number of hydrogen-bond donors (Lipinski definition) is 2. The second-order valence-corrected chi connectivity index (χ2v) is 4.26. The van der Waals surface area contributed by atoms with Crippen molar-refractivity contribution in [1.82, 2.24) is 10.6 Å². The van der Waals surface area contributed by atoms with Gasteiger partial charge in [0.1, 0.15) is 0 Å². The molecule has 0 radical (unpaired) electrons. The molecule has 5 nitrogen and oxygen atoms in total. The standard InChI is InChI=1S/C12H12N2O3S/c1-17-11(16)8-9(7-5-3-2-4-6-7)13-12(18)14-10(8)15/h2-6,8-9H,1H3,(H2,13,14,15,18). The van der Waals surface area contributed by atoms with Crippen molar-refractivity contribution in [2.45, 2.75) is 6.04 Å². The summed E-state index contributed by atoms with van der Waals surface area (Å²) in [7, 11) is 1.25. The van der Waals surface area contributed by atoms with Crippen LogP contribution in [0.5, 0.6) is 0 Å². The Morgan fingerprint density at radius 3 is 2.61 bits per heavy atom. The summed E-state index contributed by atoms with van der Waals surface area (Å²) in [6.07, 6.45) is 0. The lowest BCUT2D eigenvalue weighted by Crippen LogP contribution is -2.56. The van der Waals surface area contributed by atoms with Crippen LogP contribution in [0.15, 0.2) is 30.3 Å². The molecule has 18 heavy (non-hydrogen) atoms. The third-order valence-corrected chi connectivity index (χ3v) is 2.97. The Labute approximate surface area is 110 Å². The predicted molar refractivity (Wildman–Crippen MR) is 68.6 cm³/mol. The van der Waals surface area contributed by atoms with E-state index in [1.165, 1.54) is 7.11 Å². The second kappa shape index (κ2) is 5.14. The number of amides is 1. The summed E-state index contributed by atoms with van der Waals surface area (Å²) in [5.74, 6) is -1.97. The van der Waals surface area contributed by atoms with Gasteiger partial charge in [-0.1, -0.05) is 30.3 Å². The van der Waals surface area contributed by atoms with Crippen LogP contribution in [-0.4, -0.2) is 24.1 Å². The van der Waals surface area contributed by atoms with E-state index in [1.807, 2.05) is 30.3 Å². The molecule has 94 valence electrons. The van der Waals surface area contributed by atoms with Gasteiger partial charge in [0.15, 0.2) is 11.0 Å². The fraction of sp³-hybridized carbons (Fsp3) is 0.250. The molecule has 2 rings (SSSR count). The smallest absolute Gasteiger partial charge is 0.320 e. The monoisotopic (exact) mass is 264 g/mol. The molecule has 6 heteroatoms. The van der Waals surface area contributed by atoms with Gasteiger partial charge in [-0.2, -0.15) is 0 Å². The van der Waals surface area contributed by atoms with Crippen LogP contribution in [0.4, 0.5) is 0 Å². The van der Waals surface area contributed by atoms with Crippen molar-refractivity contribution in [1.29, 1.82) is 0 Å².